The second-order valence-electron chi connectivity index (χ2n) is 4.66. The van der Waals surface area contributed by atoms with Gasteiger partial charge in [0.1, 0.15) is 0 Å². The third kappa shape index (κ3) is 2.60. The van der Waals surface area contributed by atoms with Gasteiger partial charge in [-0.2, -0.15) is 0 Å². The molecule has 1 aliphatic heterocycles. The molecule has 0 aliphatic carbocycles. The summed E-state index contributed by atoms with van der Waals surface area (Å²) in [5.41, 5.74) is 0.956. The van der Waals surface area contributed by atoms with Crippen molar-refractivity contribution < 1.29 is 4.74 Å². The van der Waals surface area contributed by atoms with Crippen molar-refractivity contribution in [2.24, 2.45) is 0 Å². The molecule has 94 valence electrons. The van der Waals surface area contributed by atoms with Crippen LogP contribution in [0.5, 0.6) is 0 Å². The lowest BCUT2D eigenvalue weighted by Crippen LogP contribution is -2.39. The van der Waals surface area contributed by atoms with Crippen LogP contribution in [-0.2, 0) is 4.74 Å². The lowest BCUT2D eigenvalue weighted by Gasteiger charge is -2.33. The Morgan fingerprint density at radius 2 is 2.12 bits per heavy atom. The van der Waals surface area contributed by atoms with E-state index < -0.39 is 0 Å². The first-order valence-corrected chi connectivity index (χ1v) is 6.58. The van der Waals surface area contributed by atoms with Crippen LogP contribution in [0.15, 0.2) is 18.2 Å². The Balaban J connectivity index is 2.31. The molecule has 0 radical (unpaired) electrons. The summed E-state index contributed by atoms with van der Waals surface area (Å²) in [5.74, 6) is 0. The van der Waals surface area contributed by atoms with E-state index in [0.29, 0.717) is 10.0 Å². The fourth-order valence-corrected chi connectivity index (χ4v) is 2.85. The molecule has 2 nitrogen and oxygen atoms in total. The second-order valence-corrected chi connectivity index (χ2v) is 5.47. The largest absolute Gasteiger partial charge is 0.373 e. The van der Waals surface area contributed by atoms with E-state index in [0.717, 1.165) is 25.0 Å². The summed E-state index contributed by atoms with van der Waals surface area (Å²) >= 11 is 12.0. The average molecular weight is 274 g/mol. The van der Waals surface area contributed by atoms with Crippen molar-refractivity contribution in [2.75, 3.05) is 13.7 Å². The van der Waals surface area contributed by atoms with E-state index in [1.165, 1.54) is 0 Å². The van der Waals surface area contributed by atoms with E-state index in [2.05, 4.69) is 12.2 Å². The molecular formula is C13H17Cl2NO. The Morgan fingerprint density at radius 3 is 2.65 bits per heavy atom. The second kappa shape index (κ2) is 5.15. The first kappa shape index (κ1) is 13.2. The number of halogens is 2. The van der Waals surface area contributed by atoms with E-state index in [-0.39, 0.29) is 11.6 Å². The van der Waals surface area contributed by atoms with Gasteiger partial charge < -0.3 is 10.1 Å². The van der Waals surface area contributed by atoms with Crippen molar-refractivity contribution in [3.8, 4) is 0 Å². The lowest BCUT2D eigenvalue weighted by atomic mass is 9.88. The van der Waals surface area contributed by atoms with Gasteiger partial charge >= 0.3 is 0 Å². The molecule has 0 saturated carbocycles. The quantitative estimate of drug-likeness (QED) is 0.904. The number of likely N-dealkylation sites (N-methyl/N-ethyl adjacent to an activating group) is 1. The van der Waals surface area contributed by atoms with Gasteiger partial charge in [0.05, 0.1) is 21.7 Å². The van der Waals surface area contributed by atoms with Crippen LogP contribution < -0.4 is 5.32 Å². The third-order valence-electron chi connectivity index (χ3n) is 3.43. The Labute approximate surface area is 112 Å². The predicted molar refractivity (Wildman–Crippen MR) is 71.9 cm³/mol. The molecule has 2 rings (SSSR count). The highest BCUT2D eigenvalue weighted by Crippen LogP contribution is 2.38. The highest BCUT2D eigenvalue weighted by atomic mass is 35.5. The maximum absolute atomic E-state index is 6.07. The van der Waals surface area contributed by atoms with Crippen LogP contribution in [0.4, 0.5) is 0 Å². The monoisotopic (exact) mass is 273 g/mol. The van der Waals surface area contributed by atoms with Crippen LogP contribution in [0, 0.1) is 0 Å². The van der Waals surface area contributed by atoms with Gasteiger partial charge in [-0.1, -0.05) is 29.3 Å². The first-order valence-electron chi connectivity index (χ1n) is 5.83. The SMILES string of the molecule is CNC(c1ccc(Cl)c(Cl)c1)C1(C)CCCO1. The highest BCUT2D eigenvalue weighted by Gasteiger charge is 2.38. The summed E-state index contributed by atoms with van der Waals surface area (Å²) in [6, 6.07) is 5.89. The van der Waals surface area contributed by atoms with Crippen molar-refractivity contribution in [3.05, 3.63) is 33.8 Å². The van der Waals surface area contributed by atoms with Gasteiger partial charge in [0.15, 0.2) is 0 Å². The maximum atomic E-state index is 6.07. The van der Waals surface area contributed by atoms with Gasteiger partial charge in [0.2, 0.25) is 0 Å². The lowest BCUT2D eigenvalue weighted by molar-refractivity contribution is -0.0104. The fraction of sp³-hybridized carbons (Fsp3) is 0.538. The molecule has 4 heteroatoms. The molecule has 2 unspecified atom stereocenters. The first-order chi connectivity index (χ1) is 8.07. The average Bonchev–Trinajstić information content (AvgIpc) is 2.72. The van der Waals surface area contributed by atoms with Gasteiger partial charge in [-0.3, -0.25) is 0 Å². The Kier molecular flexibility index (Phi) is 3.99. The molecule has 1 N–H and O–H groups in total. The molecule has 1 aliphatic rings. The molecule has 0 aromatic heterocycles. The molecule has 17 heavy (non-hydrogen) atoms. The van der Waals surface area contributed by atoms with E-state index >= 15 is 0 Å². The number of benzene rings is 1. The van der Waals surface area contributed by atoms with Gasteiger partial charge in [-0.15, -0.1) is 0 Å². The standard InChI is InChI=1S/C13H17Cl2NO/c1-13(6-3-7-17-13)12(16-2)9-4-5-10(14)11(15)8-9/h4-5,8,12,16H,3,6-7H2,1-2H3. The van der Waals surface area contributed by atoms with Gasteiger partial charge in [-0.25, -0.2) is 0 Å². The van der Waals surface area contributed by atoms with Gasteiger partial charge in [0, 0.05) is 6.61 Å². The molecule has 0 amide bonds. The molecule has 1 fully saturated rings. The molecule has 0 bridgehead atoms. The van der Waals surface area contributed by atoms with E-state index in [1.807, 2.05) is 25.2 Å². The Morgan fingerprint density at radius 1 is 1.35 bits per heavy atom. The number of hydrogen-bond acceptors (Lipinski definition) is 2. The zero-order chi connectivity index (χ0) is 12.5. The summed E-state index contributed by atoms with van der Waals surface area (Å²) < 4.78 is 5.88. The van der Waals surface area contributed by atoms with Crippen LogP contribution in [0.25, 0.3) is 0 Å². The van der Waals surface area contributed by atoms with Crippen molar-refractivity contribution in [1.82, 2.24) is 5.32 Å². The van der Waals surface area contributed by atoms with Crippen LogP contribution >= 0.6 is 23.2 Å². The molecule has 1 aromatic rings. The predicted octanol–water partition coefficient (Wildman–Crippen LogP) is 3.82. The van der Waals surface area contributed by atoms with E-state index in [9.17, 15) is 0 Å². The van der Waals surface area contributed by atoms with E-state index in [4.69, 9.17) is 27.9 Å². The minimum atomic E-state index is -0.161. The highest BCUT2D eigenvalue weighted by molar-refractivity contribution is 6.42. The Hall–Kier alpha value is -0.280. The molecule has 1 aromatic carbocycles. The minimum absolute atomic E-state index is 0.139. The van der Waals surface area contributed by atoms with Crippen LogP contribution in [0.1, 0.15) is 31.4 Å². The number of ether oxygens (including phenoxy) is 1. The van der Waals surface area contributed by atoms with Crippen molar-refractivity contribution in [1.29, 1.82) is 0 Å². The smallest absolute Gasteiger partial charge is 0.0849 e. The minimum Gasteiger partial charge on any atom is -0.373 e. The molecule has 2 atom stereocenters. The van der Waals surface area contributed by atoms with Crippen LogP contribution in [-0.4, -0.2) is 19.3 Å². The molecule has 1 heterocycles. The van der Waals surface area contributed by atoms with Crippen molar-refractivity contribution >= 4 is 23.2 Å². The summed E-state index contributed by atoms with van der Waals surface area (Å²) in [6.07, 6.45) is 2.16. The van der Waals surface area contributed by atoms with Crippen LogP contribution in [0.2, 0.25) is 10.0 Å². The number of nitrogens with one attached hydrogen (secondary N) is 1. The topological polar surface area (TPSA) is 21.3 Å². The molecular weight excluding hydrogens is 257 g/mol. The summed E-state index contributed by atoms with van der Waals surface area (Å²) in [6.45, 7) is 2.97. The molecule has 0 spiro atoms. The molecule has 1 saturated heterocycles. The number of rotatable bonds is 3. The van der Waals surface area contributed by atoms with Crippen molar-refractivity contribution in [3.63, 3.8) is 0 Å². The van der Waals surface area contributed by atoms with Crippen molar-refractivity contribution in [2.45, 2.75) is 31.4 Å². The van der Waals surface area contributed by atoms with Gasteiger partial charge in [0.25, 0.3) is 0 Å². The van der Waals surface area contributed by atoms with E-state index in [1.54, 1.807) is 0 Å². The zero-order valence-electron chi connectivity index (χ0n) is 10.1. The summed E-state index contributed by atoms with van der Waals surface area (Å²) in [7, 11) is 1.94. The fourth-order valence-electron chi connectivity index (χ4n) is 2.54. The number of hydrogen-bond donors (Lipinski definition) is 1. The Bertz CT molecular complexity index is 402. The maximum Gasteiger partial charge on any atom is 0.0849 e. The zero-order valence-corrected chi connectivity index (χ0v) is 11.6. The third-order valence-corrected chi connectivity index (χ3v) is 4.16. The van der Waals surface area contributed by atoms with Crippen LogP contribution in [0.3, 0.4) is 0 Å². The van der Waals surface area contributed by atoms with Gasteiger partial charge in [-0.05, 0) is 44.5 Å². The normalized spacial score (nSPS) is 26.1. The summed E-state index contributed by atoms with van der Waals surface area (Å²) in [5, 5.41) is 4.50. The summed E-state index contributed by atoms with van der Waals surface area (Å²) in [4.78, 5) is 0.